The number of hydrogen-bond acceptors (Lipinski definition) is 2. The Hall–Kier alpha value is -0.570. The van der Waals surface area contributed by atoms with Crippen molar-refractivity contribution >= 4 is 5.91 Å². The fourth-order valence-electron chi connectivity index (χ4n) is 6.12. The maximum Gasteiger partial charge on any atom is 0.226 e. The van der Waals surface area contributed by atoms with Gasteiger partial charge in [0.25, 0.3) is 0 Å². The van der Waals surface area contributed by atoms with Gasteiger partial charge in [-0.2, -0.15) is 0 Å². The summed E-state index contributed by atoms with van der Waals surface area (Å²) in [5.41, 5.74) is 6.13. The second kappa shape index (κ2) is 4.72. The Bertz CT molecular complexity index is 370. The van der Waals surface area contributed by atoms with Crippen LogP contribution in [0.4, 0.5) is 0 Å². The Morgan fingerprint density at radius 3 is 2.10 bits per heavy atom. The molecule has 1 aliphatic heterocycles. The van der Waals surface area contributed by atoms with Crippen LogP contribution in [-0.4, -0.2) is 29.9 Å². The van der Waals surface area contributed by atoms with Crippen molar-refractivity contribution in [2.24, 2.45) is 41.2 Å². The molecule has 0 aromatic carbocycles. The fraction of sp³-hybridized carbons (Fsp3) is 0.941. The Labute approximate surface area is 122 Å². The van der Waals surface area contributed by atoms with Gasteiger partial charge < -0.3 is 10.6 Å². The first-order valence-electron chi connectivity index (χ1n) is 8.64. The zero-order valence-corrected chi connectivity index (χ0v) is 12.6. The zero-order valence-electron chi connectivity index (χ0n) is 12.6. The lowest BCUT2D eigenvalue weighted by Crippen LogP contribution is -2.56. The van der Waals surface area contributed by atoms with Crippen molar-refractivity contribution in [3.8, 4) is 0 Å². The summed E-state index contributed by atoms with van der Waals surface area (Å²) in [6.45, 7) is 3.97. The molecule has 1 saturated heterocycles. The van der Waals surface area contributed by atoms with E-state index >= 15 is 0 Å². The van der Waals surface area contributed by atoms with Crippen LogP contribution >= 0.6 is 0 Å². The van der Waals surface area contributed by atoms with Gasteiger partial charge in [-0.1, -0.05) is 6.92 Å². The molecule has 4 aliphatic carbocycles. The lowest BCUT2D eigenvalue weighted by atomic mass is 9.51. The maximum atomic E-state index is 13.0. The van der Waals surface area contributed by atoms with E-state index in [9.17, 15) is 4.79 Å². The molecule has 3 nitrogen and oxygen atoms in total. The van der Waals surface area contributed by atoms with E-state index in [1.807, 2.05) is 0 Å². The second-order valence-electron chi connectivity index (χ2n) is 8.30. The molecule has 4 saturated carbocycles. The average molecular weight is 276 g/mol. The van der Waals surface area contributed by atoms with Crippen LogP contribution in [0.1, 0.15) is 45.4 Å². The highest BCUT2D eigenvalue weighted by atomic mass is 16.2. The summed E-state index contributed by atoms with van der Waals surface area (Å²) in [7, 11) is 0. The number of hydrogen-bond donors (Lipinski definition) is 1. The summed E-state index contributed by atoms with van der Waals surface area (Å²) in [5, 5.41) is 0. The van der Waals surface area contributed by atoms with Crippen molar-refractivity contribution < 1.29 is 4.79 Å². The molecule has 1 amide bonds. The van der Waals surface area contributed by atoms with Crippen LogP contribution in [0, 0.1) is 35.5 Å². The van der Waals surface area contributed by atoms with Crippen LogP contribution in [0.3, 0.4) is 0 Å². The van der Waals surface area contributed by atoms with E-state index in [2.05, 4.69) is 11.8 Å². The molecule has 20 heavy (non-hydrogen) atoms. The molecule has 2 N–H and O–H groups in total. The molecule has 0 aromatic heterocycles. The Morgan fingerprint density at radius 1 is 0.950 bits per heavy atom. The SMILES string of the molecule is CC1CC(N)CN(C(=O)C2C3CC4CC(C3)CC2C4)C1. The van der Waals surface area contributed by atoms with E-state index in [-0.39, 0.29) is 6.04 Å². The molecule has 0 aromatic rings. The molecule has 2 atom stereocenters. The standard InChI is InChI=1S/C17H28N2O/c1-10-2-15(18)9-19(8-10)17(20)16-13-4-11-3-12(6-13)7-14(16)5-11/h10-16H,2-9,18H2,1H3. The molecular weight excluding hydrogens is 248 g/mol. The van der Waals surface area contributed by atoms with Crippen molar-refractivity contribution in [2.45, 2.75) is 51.5 Å². The van der Waals surface area contributed by atoms with Gasteiger partial charge >= 0.3 is 0 Å². The van der Waals surface area contributed by atoms with E-state index in [1.54, 1.807) is 0 Å². The Balaban J connectivity index is 1.51. The van der Waals surface area contributed by atoms with Crippen LogP contribution in [0.25, 0.3) is 0 Å². The summed E-state index contributed by atoms with van der Waals surface area (Å²) < 4.78 is 0. The van der Waals surface area contributed by atoms with Crippen molar-refractivity contribution in [3.05, 3.63) is 0 Å². The number of carbonyl (C=O) groups excluding carboxylic acids is 1. The minimum absolute atomic E-state index is 0.194. The van der Waals surface area contributed by atoms with E-state index in [1.165, 1.54) is 32.1 Å². The van der Waals surface area contributed by atoms with Gasteiger partial charge in [0, 0.05) is 25.0 Å². The van der Waals surface area contributed by atoms with E-state index in [4.69, 9.17) is 5.73 Å². The van der Waals surface area contributed by atoms with Crippen molar-refractivity contribution in [2.75, 3.05) is 13.1 Å². The topological polar surface area (TPSA) is 46.3 Å². The lowest BCUT2D eigenvalue weighted by molar-refractivity contribution is -0.151. The first kappa shape index (κ1) is 13.1. The molecule has 2 unspecified atom stereocenters. The Morgan fingerprint density at radius 2 is 1.55 bits per heavy atom. The van der Waals surface area contributed by atoms with E-state index < -0.39 is 0 Å². The monoisotopic (exact) mass is 276 g/mol. The smallest absolute Gasteiger partial charge is 0.226 e. The molecule has 5 aliphatic rings. The molecule has 4 bridgehead atoms. The molecular formula is C17H28N2O. The minimum Gasteiger partial charge on any atom is -0.341 e. The van der Waals surface area contributed by atoms with Gasteiger partial charge in [0.1, 0.15) is 0 Å². The molecule has 0 spiro atoms. The van der Waals surface area contributed by atoms with Crippen LogP contribution < -0.4 is 5.73 Å². The first-order valence-corrected chi connectivity index (χ1v) is 8.64. The van der Waals surface area contributed by atoms with Gasteiger partial charge in [-0.05, 0) is 68.1 Å². The van der Waals surface area contributed by atoms with Gasteiger partial charge in [-0.15, -0.1) is 0 Å². The third-order valence-corrected chi connectivity index (χ3v) is 6.52. The number of carbonyl (C=O) groups is 1. The summed E-state index contributed by atoms with van der Waals surface area (Å²) in [5.74, 6) is 4.67. The highest BCUT2D eigenvalue weighted by molar-refractivity contribution is 5.80. The second-order valence-corrected chi connectivity index (χ2v) is 8.30. The summed E-state index contributed by atoms with van der Waals surface area (Å²) in [4.78, 5) is 15.2. The highest BCUT2D eigenvalue weighted by Gasteiger charge is 2.51. The summed E-state index contributed by atoms with van der Waals surface area (Å²) >= 11 is 0. The van der Waals surface area contributed by atoms with Crippen LogP contribution in [-0.2, 0) is 4.79 Å². The number of rotatable bonds is 1. The first-order chi connectivity index (χ1) is 9.60. The third kappa shape index (κ3) is 2.09. The predicted octanol–water partition coefficient (Wildman–Crippen LogP) is 2.25. The Kier molecular flexibility index (Phi) is 3.10. The number of likely N-dealkylation sites (tertiary alicyclic amines) is 1. The third-order valence-electron chi connectivity index (χ3n) is 6.52. The van der Waals surface area contributed by atoms with Gasteiger partial charge in [-0.25, -0.2) is 0 Å². The summed E-state index contributed by atoms with van der Waals surface area (Å²) in [6, 6.07) is 0.194. The van der Waals surface area contributed by atoms with Gasteiger partial charge in [0.05, 0.1) is 0 Å². The summed E-state index contributed by atoms with van der Waals surface area (Å²) in [6.07, 6.45) is 7.86. The molecule has 112 valence electrons. The largest absolute Gasteiger partial charge is 0.341 e. The number of nitrogens with two attached hydrogens (primary N) is 1. The van der Waals surface area contributed by atoms with Crippen molar-refractivity contribution in [1.82, 2.24) is 4.90 Å². The average Bonchev–Trinajstić information content (AvgIpc) is 2.35. The lowest BCUT2D eigenvalue weighted by Gasteiger charge is -2.54. The normalized spacial score (nSPS) is 50.5. The predicted molar refractivity (Wildman–Crippen MR) is 78.9 cm³/mol. The molecule has 0 radical (unpaired) electrons. The van der Waals surface area contributed by atoms with Gasteiger partial charge in [0.2, 0.25) is 5.91 Å². The molecule has 3 heteroatoms. The maximum absolute atomic E-state index is 13.0. The quantitative estimate of drug-likeness (QED) is 0.798. The van der Waals surface area contributed by atoms with Crippen molar-refractivity contribution in [1.29, 1.82) is 0 Å². The fourth-order valence-corrected chi connectivity index (χ4v) is 6.12. The van der Waals surface area contributed by atoms with Crippen LogP contribution in [0.2, 0.25) is 0 Å². The van der Waals surface area contributed by atoms with E-state index in [0.29, 0.717) is 29.6 Å². The van der Waals surface area contributed by atoms with Gasteiger partial charge in [0.15, 0.2) is 0 Å². The number of piperidine rings is 1. The van der Waals surface area contributed by atoms with Crippen LogP contribution in [0.5, 0.6) is 0 Å². The van der Waals surface area contributed by atoms with Crippen LogP contribution in [0.15, 0.2) is 0 Å². The molecule has 5 fully saturated rings. The minimum atomic E-state index is 0.194. The van der Waals surface area contributed by atoms with Crippen molar-refractivity contribution in [3.63, 3.8) is 0 Å². The number of nitrogens with zero attached hydrogens (tertiary/aromatic N) is 1. The zero-order chi connectivity index (χ0) is 13.9. The molecule has 5 rings (SSSR count). The van der Waals surface area contributed by atoms with E-state index in [0.717, 1.165) is 31.3 Å². The number of amides is 1. The molecule has 1 heterocycles. The van der Waals surface area contributed by atoms with Gasteiger partial charge in [-0.3, -0.25) is 4.79 Å². The highest BCUT2D eigenvalue weighted by Crippen LogP contribution is 2.56.